The molecule has 1 atom stereocenters. The van der Waals surface area contributed by atoms with Crippen LogP contribution in [0.15, 0.2) is 24.5 Å². The van der Waals surface area contributed by atoms with Crippen molar-refractivity contribution < 1.29 is 4.74 Å². The third kappa shape index (κ3) is 3.13. The van der Waals surface area contributed by atoms with Gasteiger partial charge in [-0.1, -0.05) is 19.9 Å². The standard InChI is InChI=1S/C13H14N6O.C2H6/c1-7(9-4-3-5-15-11(9)14)20-13-10-6-16-19-12(10)17-8(2)18-13;1-2/h3-7H,1-2H3,(H2,14,15)(H,16,17,18,19);1-2H3. The fourth-order valence-corrected chi connectivity index (χ4v) is 2.01. The van der Waals surface area contributed by atoms with E-state index in [1.165, 1.54) is 0 Å². The molecule has 3 heterocycles. The molecule has 1 unspecified atom stereocenters. The predicted molar refractivity (Wildman–Crippen MR) is 85.5 cm³/mol. The van der Waals surface area contributed by atoms with E-state index in [2.05, 4.69) is 25.1 Å². The van der Waals surface area contributed by atoms with E-state index in [1.807, 2.05) is 32.9 Å². The van der Waals surface area contributed by atoms with Crippen LogP contribution in [0.2, 0.25) is 0 Å². The van der Waals surface area contributed by atoms with Crippen LogP contribution in [0, 0.1) is 6.92 Å². The minimum absolute atomic E-state index is 0.268. The van der Waals surface area contributed by atoms with Crippen LogP contribution < -0.4 is 10.5 Å². The molecule has 0 saturated carbocycles. The molecule has 0 aromatic carbocycles. The van der Waals surface area contributed by atoms with E-state index in [0.717, 1.165) is 10.9 Å². The second kappa shape index (κ2) is 6.84. The van der Waals surface area contributed by atoms with Crippen molar-refractivity contribution in [1.29, 1.82) is 0 Å². The molecule has 0 bridgehead atoms. The number of nitrogens with two attached hydrogens (primary N) is 1. The minimum atomic E-state index is -0.268. The normalized spacial score (nSPS) is 11.6. The first kappa shape index (κ1) is 15.7. The highest BCUT2D eigenvalue weighted by molar-refractivity contribution is 5.79. The Labute approximate surface area is 129 Å². The molecule has 3 aromatic heterocycles. The summed E-state index contributed by atoms with van der Waals surface area (Å²) >= 11 is 0. The van der Waals surface area contributed by atoms with Gasteiger partial charge >= 0.3 is 0 Å². The molecule has 3 aromatic rings. The number of ether oxygens (including phenoxy) is 1. The number of aryl methyl sites for hydroxylation is 1. The molecule has 3 N–H and O–H groups in total. The first-order chi connectivity index (χ1) is 10.6. The van der Waals surface area contributed by atoms with E-state index in [1.54, 1.807) is 19.3 Å². The molecule has 0 amide bonds. The van der Waals surface area contributed by atoms with Crippen LogP contribution in [0.25, 0.3) is 11.0 Å². The molecule has 0 spiro atoms. The van der Waals surface area contributed by atoms with Gasteiger partial charge in [0.05, 0.1) is 6.20 Å². The fourth-order valence-electron chi connectivity index (χ4n) is 2.01. The third-order valence-corrected chi connectivity index (χ3v) is 2.98. The number of aromatic amines is 1. The number of hydrogen-bond acceptors (Lipinski definition) is 6. The Balaban J connectivity index is 0.000000847. The highest BCUT2D eigenvalue weighted by Gasteiger charge is 2.15. The molecule has 22 heavy (non-hydrogen) atoms. The van der Waals surface area contributed by atoms with Crippen LogP contribution in [0.1, 0.15) is 38.3 Å². The smallest absolute Gasteiger partial charge is 0.228 e. The van der Waals surface area contributed by atoms with Crippen molar-refractivity contribution in [2.75, 3.05) is 5.73 Å². The Morgan fingerprint density at radius 3 is 2.77 bits per heavy atom. The maximum absolute atomic E-state index is 5.90. The Morgan fingerprint density at radius 2 is 2.05 bits per heavy atom. The summed E-state index contributed by atoms with van der Waals surface area (Å²) in [6.45, 7) is 7.70. The topological polar surface area (TPSA) is 103 Å². The van der Waals surface area contributed by atoms with Crippen molar-refractivity contribution in [2.45, 2.75) is 33.8 Å². The van der Waals surface area contributed by atoms with Gasteiger partial charge in [0.1, 0.15) is 23.1 Å². The SMILES string of the molecule is CC.Cc1nc(OC(C)c2cccnc2N)c2cn[nH]c2n1. The number of nitrogens with zero attached hydrogens (tertiary/aromatic N) is 4. The van der Waals surface area contributed by atoms with E-state index in [4.69, 9.17) is 10.5 Å². The Morgan fingerprint density at radius 1 is 1.27 bits per heavy atom. The van der Waals surface area contributed by atoms with Gasteiger partial charge in [-0.05, 0) is 19.9 Å². The first-order valence-corrected chi connectivity index (χ1v) is 7.20. The van der Waals surface area contributed by atoms with E-state index in [0.29, 0.717) is 23.2 Å². The van der Waals surface area contributed by atoms with Crippen molar-refractivity contribution in [3.05, 3.63) is 35.9 Å². The second-order valence-corrected chi connectivity index (χ2v) is 4.45. The summed E-state index contributed by atoms with van der Waals surface area (Å²) in [5.74, 6) is 1.55. The molecule has 0 saturated heterocycles. The second-order valence-electron chi connectivity index (χ2n) is 4.45. The van der Waals surface area contributed by atoms with E-state index < -0.39 is 0 Å². The summed E-state index contributed by atoms with van der Waals surface area (Å²) in [6, 6.07) is 3.71. The quantitative estimate of drug-likeness (QED) is 0.771. The van der Waals surface area contributed by atoms with Gasteiger partial charge in [-0.3, -0.25) is 5.10 Å². The molecule has 0 aliphatic carbocycles. The molecule has 7 nitrogen and oxygen atoms in total. The number of H-pyrrole nitrogens is 1. The van der Waals surface area contributed by atoms with Gasteiger partial charge in [-0.2, -0.15) is 10.1 Å². The molecule has 0 radical (unpaired) electrons. The minimum Gasteiger partial charge on any atom is -0.469 e. The number of hydrogen-bond donors (Lipinski definition) is 2. The van der Waals surface area contributed by atoms with Gasteiger partial charge in [0.2, 0.25) is 5.88 Å². The lowest BCUT2D eigenvalue weighted by Crippen LogP contribution is -2.09. The fraction of sp³-hybridized carbons (Fsp3) is 0.333. The molecule has 3 rings (SSSR count). The monoisotopic (exact) mass is 300 g/mol. The summed E-state index contributed by atoms with van der Waals surface area (Å²) in [7, 11) is 0. The van der Waals surface area contributed by atoms with Gasteiger partial charge in [-0.25, -0.2) is 9.97 Å². The van der Waals surface area contributed by atoms with E-state index in [-0.39, 0.29) is 6.10 Å². The zero-order valence-corrected chi connectivity index (χ0v) is 13.2. The summed E-state index contributed by atoms with van der Waals surface area (Å²) in [6.07, 6.45) is 3.02. The highest BCUT2D eigenvalue weighted by atomic mass is 16.5. The Kier molecular flexibility index (Phi) is 4.88. The predicted octanol–water partition coefficient (Wildman–Crippen LogP) is 2.80. The van der Waals surface area contributed by atoms with Crippen molar-refractivity contribution >= 4 is 16.9 Å². The lowest BCUT2D eigenvalue weighted by molar-refractivity contribution is 0.220. The highest BCUT2D eigenvalue weighted by Crippen LogP contribution is 2.27. The van der Waals surface area contributed by atoms with Crippen LogP contribution in [0.3, 0.4) is 0 Å². The summed E-state index contributed by atoms with van der Waals surface area (Å²) in [5.41, 5.74) is 7.33. The average Bonchev–Trinajstić information content (AvgIpc) is 2.98. The van der Waals surface area contributed by atoms with Gasteiger partial charge in [0.15, 0.2) is 5.65 Å². The van der Waals surface area contributed by atoms with Gasteiger partial charge in [-0.15, -0.1) is 0 Å². The Bertz CT molecular complexity index is 755. The van der Waals surface area contributed by atoms with Crippen LogP contribution >= 0.6 is 0 Å². The van der Waals surface area contributed by atoms with Crippen LogP contribution in [0.5, 0.6) is 5.88 Å². The zero-order valence-electron chi connectivity index (χ0n) is 13.2. The third-order valence-electron chi connectivity index (χ3n) is 2.98. The zero-order chi connectivity index (χ0) is 16.1. The lowest BCUT2D eigenvalue weighted by atomic mass is 10.1. The molecule has 0 aliphatic rings. The number of fused-ring (bicyclic) bond motifs is 1. The number of nitrogens with one attached hydrogen (secondary N) is 1. The number of nitrogen functional groups attached to an aromatic ring is 1. The lowest BCUT2D eigenvalue weighted by Gasteiger charge is -2.15. The molecule has 7 heteroatoms. The molecule has 0 fully saturated rings. The van der Waals surface area contributed by atoms with Crippen molar-refractivity contribution in [3.63, 3.8) is 0 Å². The largest absolute Gasteiger partial charge is 0.469 e. The summed E-state index contributed by atoms with van der Waals surface area (Å²) in [5, 5.41) is 7.50. The molecular weight excluding hydrogens is 280 g/mol. The number of rotatable bonds is 3. The van der Waals surface area contributed by atoms with Gasteiger partial charge < -0.3 is 10.5 Å². The number of anilines is 1. The van der Waals surface area contributed by atoms with Gasteiger partial charge in [0.25, 0.3) is 0 Å². The first-order valence-electron chi connectivity index (χ1n) is 7.20. The van der Waals surface area contributed by atoms with Crippen LogP contribution in [0.4, 0.5) is 5.82 Å². The van der Waals surface area contributed by atoms with E-state index >= 15 is 0 Å². The maximum atomic E-state index is 5.90. The average molecular weight is 300 g/mol. The van der Waals surface area contributed by atoms with Crippen LogP contribution in [-0.2, 0) is 0 Å². The molecule has 116 valence electrons. The van der Waals surface area contributed by atoms with Gasteiger partial charge in [0, 0.05) is 11.8 Å². The molecular formula is C15H20N6O. The van der Waals surface area contributed by atoms with Crippen LogP contribution in [-0.4, -0.2) is 25.1 Å². The Hall–Kier alpha value is -2.70. The summed E-state index contributed by atoms with van der Waals surface area (Å²) in [4.78, 5) is 12.6. The number of aromatic nitrogens is 5. The molecule has 0 aliphatic heterocycles. The van der Waals surface area contributed by atoms with Crippen molar-refractivity contribution in [2.24, 2.45) is 0 Å². The van der Waals surface area contributed by atoms with Crippen molar-refractivity contribution in [3.8, 4) is 5.88 Å². The maximum Gasteiger partial charge on any atom is 0.228 e. The van der Waals surface area contributed by atoms with Crippen molar-refractivity contribution in [1.82, 2.24) is 25.1 Å². The summed E-state index contributed by atoms with van der Waals surface area (Å²) < 4.78 is 5.90. The van der Waals surface area contributed by atoms with E-state index in [9.17, 15) is 0 Å². The number of pyridine rings is 1.